The van der Waals surface area contributed by atoms with Crippen molar-refractivity contribution in [3.8, 4) is 0 Å². The first-order valence-corrected chi connectivity index (χ1v) is 6.02. The Morgan fingerprint density at radius 3 is 2.74 bits per heavy atom. The average Bonchev–Trinajstić information content (AvgIpc) is 2.43. The number of benzene rings is 1. The van der Waals surface area contributed by atoms with Gasteiger partial charge in [-0.3, -0.25) is 4.79 Å². The van der Waals surface area contributed by atoms with Gasteiger partial charge >= 0.3 is 0 Å². The standard InChI is InChI=1S/C13H20N4O2/c1-8-6-10(12(14)17-19)4-5-11(8)7-16-9(2)13(18)15-3/h4-6,9,16,19H,7H2,1-3H3,(H2,14,17)(H,15,18). The van der Waals surface area contributed by atoms with Crippen molar-refractivity contribution in [2.75, 3.05) is 7.05 Å². The molecule has 104 valence electrons. The van der Waals surface area contributed by atoms with Crippen LogP contribution in [-0.4, -0.2) is 30.0 Å². The number of rotatable bonds is 5. The monoisotopic (exact) mass is 264 g/mol. The van der Waals surface area contributed by atoms with Crippen LogP contribution in [0.25, 0.3) is 0 Å². The van der Waals surface area contributed by atoms with Crippen molar-refractivity contribution in [1.82, 2.24) is 10.6 Å². The van der Waals surface area contributed by atoms with Crippen molar-refractivity contribution < 1.29 is 10.0 Å². The second-order valence-electron chi connectivity index (χ2n) is 4.34. The van der Waals surface area contributed by atoms with Gasteiger partial charge in [0.25, 0.3) is 0 Å². The van der Waals surface area contributed by atoms with Crippen LogP contribution < -0.4 is 16.4 Å². The fourth-order valence-electron chi connectivity index (χ4n) is 1.68. The zero-order chi connectivity index (χ0) is 14.4. The first kappa shape index (κ1) is 15.0. The molecular weight excluding hydrogens is 244 g/mol. The molecule has 1 unspecified atom stereocenters. The predicted octanol–water partition coefficient (Wildman–Crippen LogP) is 0.314. The van der Waals surface area contributed by atoms with E-state index < -0.39 is 0 Å². The van der Waals surface area contributed by atoms with E-state index in [4.69, 9.17) is 10.9 Å². The molecule has 1 rings (SSSR count). The lowest BCUT2D eigenvalue weighted by molar-refractivity contribution is -0.122. The van der Waals surface area contributed by atoms with Crippen molar-refractivity contribution in [3.05, 3.63) is 34.9 Å². The number of hydrogen-bond acceptors (Lipinski definition) is 4. The van der Waals surface area contributed by atoms with Gasteiger partial charge in [-0.05, 0) is 31.0 Å². The maximum absolute atomic E-state index is 11.4. The van der Waals surface area contributed by atoms with Gasteiger partial charge < -0.3 is 21.6 Å². The molecular formula is C13H20N4O2. The minimum Gasteiger partial charge on any atom is -0.409 e. The van der Waals surface area contributed by atoms with Crippen LogP contribution in [-0.2, 0) is 11.3 Å². The number of carbonyl (C=O) groups excluding carboxylic acids is 1. The number of aryl methyl sites for hydroxylation is 1. The molecule has 6 nitrogen and oxygen atoms in total. The summed E-state index contributed by atoms with van der Waals surface area (Å²) in [6.45, 7) is 4.32. The highest BCUT2D eigenvalue weighted by Gasteiger charge is 2.10. The number of nitrogens with one attached hydrogen (secondary N) is 2. The molecule has 0 aliphatic rings. The highest BCUT2D eigenvalue weighted by molar-refractivity contribution is 5.97. The van der Waals surface area contributed by atoms with Crippen LogP contribution in [0.4, 0.5) is 0 Å². The molecule has 0 aromatic heterocycles. The third kappa shape index (κ3) is 3.96. The Labute approximate surface area is 112 Å². The molecule has 19 heavy (non-hydrogen) atoms. The van der Waals surface area contributed by atoms with E-state index in [1.54, 1.807) is 20.0 Å². The largest absolute Gasteiger partial charge is 0.409 e. The Hall–Kier alpha value is -2.08. The molecule has 0 heterocycles. The predicted molar refractivity (Wildman–Crippen MR) is 74.1 cm³/mol. The van der Waals surface area contributed by atoms with Crippen molar-refractivity contribution in [2.45, 2.75) is 26.4 Å². The van der Waals surface area contributed by atoms with Crippen LogP contribution in [0.15, 0.2) is 23.4 Å². The van der Waals surface area contributed by atoms with Crippen LogP contribution >= 0.6 is 0 Å². The first-order valence-electron chi connectivity index (χ1n) is 6.02. The fraction of sp³-hybridized carbons (Fsp3) is 0.385. The van der Waals surface area contributed by atoms with Gasteiger partial charge in [0, 0.05) is 19.2 Å². The maximum Gasteiger partial charge on any atom is 0.236 e. The Morgan fingerprint density at radius 2 is 2.21 bits per heavy atom. The zero-order valence-corrected chi connectivity index (χ0v) is 11.4. The number of nitrogens with zero attached hydrogens (tertiary/aromatic N) is 1. The summed E-state index contributed by atoms with van der Waals surface area (Å²) < 4.78 is 0. The molecule has 0 radical (unpaired) electrons. The minimum absolute atomic E-state index is 0.0501. The molecule has 5 N–H and O–H groups in total. The summed E-state index contributed by atoms with van der Waals surface area (Å²) in [4.78, 5) is 11.4. The highest BCUT2D eigenvalue weighted by Crippen LogP contribution is 2.11. The van der Waals surface area contributed by atoms with Crippen LogP contribution in [0.3, 0.4) is 0 Å². The summed E-state index contributed by atoms with van der Waals surface area (Å²) >= 11 is 0. The SMILES string of the molecule is CNC(=O)C(C)NCc1ccc(/C(N)=N/O)cc1C. The second-order valence-corrected chi connectivity index (χ2v) is 4.34. The lowest BCUT2D eigenvalue weighted by atomic mass is 10.0. The smallest absolute Gasteiger partial charge is 0.236 e. The van der Waals surface area contributed by atoms with Crippen molar-refractivity contribution in [1.29, 1.82) is 0 Å². The first-order chi connectivity index (χ1) is 8.99. The van der Waals surface area contributed by atoms with Gasteiger partial charge in [0.1, 0.15) is 0 Å². The number of amidine groups is 1. The average molecular weight is 264 g/mol. The normalized spacial score (nSPS) is 13.1. The van der Waals surface area contributed by atoms with Crippen molar-refractivity contribution >= 4 is 11.7 Å². The van der Waals surface area contributed by atoms with E-state index >= 15 is 0 Å². The Balaban J connectivity index is 2.73. The van der Waals surface area contributed by atoms with Gasteiger partial charge in [-0.2, -0.15) is 0 Å². The second kappa shape index (κ2) is 6.75. The number of hydrogen-bond donors (Lipinski definition) is 4. The number of likely N-dealkylation sites (N-methyl/N-ethyl adjacent to an activating group) is 1. The van der Waals surface area contributed by atoms with Crippen LogP contribution in [0.5, 0.6) is 0 Å². The van der Waals surface area contributed by atoms with Crippen LogP contribution in [0.2, 0.25) is 0 Å². The van der Waals surface area contributed by atoms with E-state index in [1.807, 2.05) is 19.1 Å². The Morgan fingerprint density at radius 1 is 1.53 bits per heavy atom. The Bertz CT molecular complexity index is 486. The number of amides is 1. The lowest BCUT2D eigenvalue weighted by Gasteiger charge is -2.14. The van der Waals surface area contributed by atoms with Gasteiger partial charge in [0.2, 0.25) is 5.91 Å². The Kier molecular flexibility index (Phi) is 5.32. The lowest BCUT2D eigenvalue weighted by Crippen LogP contribution is -2.40. The van der Waals surface area contributed by atoms with Crippen molar-refractivity contribution in [2.24, 2.45) is 10.9 Å². The summed E-state index contributed by atoms with van der Waals surface area (Å²) in [6.07, 6.45) is 0. The molecule has 1 atom stereocenters. The van der Waals surface area contributed by atoms with E-state index in [-0.39, 0.29) is 17.8 Å². The molecule has 0 aliphatic carbocycles. The highest BCUT2D eigenvalue weighted by atomic mass is 16.4. The maximum atomic E-state index is 11.4. The third-order valence-corrected chi connectivity index (χ3v) is 2.98. The van der Waals surface area contributed by atoms with Gasteiger partial charge in [-0.1, -0.05) is 17.3 Å². The zero-order valence-electron chi connectivity index (χ0n) is 11.4. The van der Waals surface area contributed by atoms with E-state index in [0.717, 1.165) is 11.1 Å². The summed E-state index contributed by atoms with van der Waals surface area (Å²) in [7, 11) is 1.61. The van der Waals surface area contributed by atoms with E-state index in [9.17, 15) is 4.79 Å². The molecule has 0 fully saturated rings. The van der Waals surface area contributed by atoms with Gasteiger partial charge in [0.05, 0.1) is 6.04 Å². The van der Waals surface area contributed by atoms with Crippen molar-refractivity contribution in [3.63, 3.8) is 0 Å². The van der Waals surface area contributed by atoms with Gasteiger partial charge in [-0.15, -0.1) is 0 Å². The minimum atomic E-state index is -0.256. The summed E-state index contributed by atoms with van der Waals surface area (Å²) in [5.41, 5.74) is 8.27. The van der Waals surface area contributed by atoms with Crippen LogP contribution in [0, 0.1) is 6.92 Å². The molecule has 6 heteroatoms. The fourth-order valence-corrected chi connectivity index (χ4v) is 1.68. The van der Waals surface area contributed by atoms with Crippen LogP contribution in [0.1, 0.15) is 23.6 Å². The molecule has 0 spiro atoms. The molecule has 1 amide bonds. The van der Waals surface area contributed by atoms with Gasteiger partial charge in [-0.25, -0.2) is 0 Å². The topological polar surface area (TPSA) is 99.7 Å². The summed E-state index contributed by atoms with van der Waals surface area (Å²) in [6, 6.07) is 5.26. The number of carbonyl (C=O) groups is 1. The van der Waals surface area contributed by atoms with E-state index in [2.05, 4.69) is 15.8 Å². The number of oxime groups is 1. The summed E-state index contributed by atoms with van der Waals surface area (Å²) in [5, 5.41) is 17.3. The molecule has 0 saturated heterocycles. The molecule has 1 aromatic carbocycles. The van der Waals surface area contributed by atoms with E-state index in [1.165, 1.54) is 0 Å². The quantitative estimate of drug-likeness (QED) is 0.266. The number of nitrogens with two attached hydrogens (primary N) is 1. The molecule has 0 saturated carbocycles. The molecule has 0 aliphatic heterocycles. The third-order valence-electron chi connectivity index (χ3n) is 2.98. The molecule has 1 aromatic rings. The van der Waals surface area contributed by atoms with E-state index in [0.29, 0.717) is 12.1 Å². The summed E-state index contributed by atoms with van der Waals surface area (Å²) in [5.74, 6) is 0.0345. The molecule has 0 bridgehead atoms. The van der Waals surface area contributed by atoms with Gasteiger partial charge in [0.15, 0.2) is 5.84 Å².